The summed E-state index contributed by atoms with van der Waals surface area (Å²) in [5.74, 6) is 0.266. The lowest BCUT2D eigenvalue weighted by Crippen LogP contribution is -2.40. The minimum atomic E-state index is -0.180. The van der Waals surface area contributed by atoms with Gasteiger partial charge >= 0.3 is 0 Å². The van der Waals surface area contributed by atoms with Crippen molar-refractivity contribution in [2.24, 2.45) is 0 Å². The molecule has 1 amide bonds. The van der Waals surface area contributed by atoms with Crippen molar-refractivity contribution in [2.75, 3.05) is 0 Å². The van der Waals surface area contributed by atoms with Gasteiger partial charge in [-0.3, -0.25) is 9.89 Å². The first-order valence-electron chi connectivity index (χ1n) is 9.99. The van der Waals surface area contributed by atoms with Crippen LogP contribution in [0.15, 0.2) is 54.6 Å². The number of phenolic OH excluding ortho intramolecular Hbond substituents is 1. The molecule has 0 bridgehead atoms. The molecule has 5 heteroatoms. The Labute approximate surface area is 164 Å². The predicted molar refractivity (Wildman–Crippen MR) is 107 cm³/mol. The van der Waals surface area contributed by atoms with E-state index in [0.29, 0.717) is 5.69 Å². The Morgan fingerprint density at radius 1 is 0.964 bits per heavy atom. The van der Waals surface area contributed by atoms with Crippen molar-refractivity contribution < 1.29 is 9.90 Å². The normalized spacial score (nSPS) is 19.8. The number of phenols is 1. The second-order valence-electron chi connectivity index (χ2n) is 7.73. The van der Waals surface area contributed by atoms with Crippen molar-refractivity contribution in [3.8, 4) is 17.0 Å². The Kier molecular flexibility index (Phi) is 4.15. The van der Waals surface area contributed by atoms with Crippen LogP contribution in [0.4, 0.5) is 0 Å². The van der Waals surface area contributed by atoms with Crippen molar-refractivity contribution in [1.82, 2.24) is 15.1 Å². The first kappa shape index (κ1) is 17.0. The molecule has 142 valence electrons. The number of nitrogens with zero attached hydrogens (tertiary/aromatic N) is 2. The number of fused-ring (bicyclic) bond motifs is 1. The minimum Gasteiger partial charge on any atom is -0.508 e. The number of hydrogen-bond donors (Lipinski definition) is 2. The summed E-state index contributed by atoms with van der Waals surface area (Å²) < 4.78 is 0. The molecule has 2 heterocycles. The number of carbonyl (C=O) groups excluding carboxylic acids is 1. The number of nitrogens with one attached hydrogen (secondary N) is 1. The molecule has 1 aromatic heterocycles. The summed E-state index contributed by atoms with van der Waals surface area (Å²) in [6.07, 6.45) is 5.64. The van der Waals surface area contributed by atoms with Crippen LogP contribution in [0.2, 0.25) is 0 Å². The highest BCUT2D eigenvalue weighted by molar-refractivity contribution is 6.00. The number of amides is 1. The molecule has 0 spiro atoms. The molecule has 1 fully saturated rings. The lowest BCUT2D eigenvalue weighted by molar-refractivity contribution is 0.0606. The molecule has 5 rings (SSSR count). The Hall–Kier alpha value is -3.08. The number of rotatable bonds is 3. The molecule has 1 aliphatic carbocycles. The van der Waals surface area contributed by atoms with E-state index in [4.69, 9.17) is 0 Å². The maximum atomic E-state index is 13.4. The number of carbonyl (C=O) groups is 1. The van der Waals surface area contributed by atoms with Crippen molar-refractivity contribution in [3.63, 3.8) is 0 Å². The summed E-state index contributed by atoms with van der Waals surface area (Å²) in [4.78, 5) is 15.5. The first-order valence-corrected chi connectivity index (χ1v) is 9.99. The van der Waals surface area contributed by atoms with Gasteiger partial charge in [0, 0.05) is 17.2 Å². The Bertz CT molecular complexity index is 988. The lowest BCUT2D eigenvalue weighted by atomic mass is 9.91. The largest absolute Gasteiger partial charge is 0.508 e. The Balaban J connectivity index is 1.66. The number of aromatic amines is 1. The zero-order valence-corrected chi connectivity index (χ0v) is 15.6. The summed E-state index contributed by atoms with van der Waals surface area (Å²) in [6, 6.07) is 17.3. The van der Waals surface area contributed by atoms with Gasteiger partial charge in [-0.15, -0.1) is 0 Å². The maximum Gasteiger partial charge on any atom is 0.273 e. The summed E-state index contributed by atoms with van der Waals surface area (Å²) in [5.41, 5.74) is 4.39. The third-order valence-electron chi connectivity index (χ3n) is 6.03. The fourth-order valence-electron chi connectivity index (χ4n) is 4.70. The van der Waals surface area contributed by atoms with E-state index in [9.17, 15) is 9.90 Å². The topological polar surface area (TPSA) is 69.2 Å². The first-order chi connectivity index (χ1) is 13.7. The third kappa shape index (κ3) is 2.70. The predicted octanol–water partition coefficient (Wildman–Crippen LogP) is 4.66. The number of benzene rings is 2. The minimum absolute atomic E-state index is 0.0367. The van der Waals surface area contributed by atoms with Gasteiger partial charge in [0.25, 0.3) is 5.91 Å². The van der Waals surface area contributed by atoms with E-state index in [-0.39, 0.29) is 23.7 Å². The quantitative estimate of drug-likeness (QED) is 0.701. The highest BCUT2D eigenvalue weighted by Gasteiger charge is 2.45. The molecule has 2 aromatic carbocycles. The number of aromatic hydroxyl groups is 1. The smallest absolute Gasteiger partial charge is 0.273 e. The molecule has 1 atom stereocenters. The molecule has 2 N–H and O–H groups in total. The molecule has 2 aliphatic rings. The number of hydrogen-bond acceptors (Lipinski definition) is 3. The maximum absolute atomic E-state index is 13.4. The SMILES string of the molecule is O=C1c2[nH]nc(-c3ccccc3)c2C(c2ccc(O)cc2)N1C1CCCCC1. The average molecular weight is 373 g/mol. The van der Waals surface area contributed by atoms with E-state index in [1.165, 1.54) is 6.42 Å². The molecule has 1 aliphatic heterocycles. The summed E-state index contributed by atoms with van der Waals surface area (Å²) in [5, 5.41) is 17.3. The summed E-state index contributed by atoms with van der Waals surface area (Å²) in [7, 11) is 0. The zero-order chi connectivity index (χ0) is 19.1. The highest BCUT2D eigenvalue weighted by Crippen LogP contribution is 2.45. The summed E-state index contributed by atoms with van der Waals surface area (Å²) in [6.45, 7) is 0. The van der Waals surface area contributed by atoms with Gasteiger partial charge < -0.3 is 10.0 Å². The molecule has 0 radical (unpaired) electrons. The molecule has 1 saturated carbocycles. The van der Waals surface area contributed by atoms with Crippen LogP contribution in [0.5, 0.6) is 5.75 Å². The van der Waals surface area contributed by atoms with Gasteiger partial charge in [0.1, 0.15) is 11.4 Å². The Morgan fingerprint density at radius 3 is 2.39 bits per heavy atom. The summed E-state index contributed by atoms with van der Waals surface area (Å²) >= 11 is 0. The van der Waals surface area contributed by atoms with Crippen LogP contribution in [-0.2, 0) is 0 Å². The number of aromatic nitrogens is 2. The molecular formula is C23H23N3O2. The van der Waals surface area contributed by atoms with Crippen LogP contribution in [0, 0.1) is 0 Å². The van der Waals surface area contributed by atoms with Crippen LogP contribution in [0.25, 0.3) is 11.3 Å². The van der Waals surface area contributed by atoms with E-state index < -0.39 is 0 Å². The van der Waals surface area contributed by atoms with E-state index >= 15 is 0 Å². The second kappa shape index (κ2) is 6.82. The van der Waals surface area contributed by atoms with Gasteiger partial charge in [0.2, 0.25) is 0 Å². The van der Waals surface area contributed by atoms with Crippen LogP contribution in [-0.4, -0.2) is 32.2 Å². The average Bonchev–Trinajstić information content (AvgIpc) is 3.29. The van der Waals surface area contributed by atoms with Crippen molar-refractivity contribution in [2.45, 2.75) is 44.2 Å². The second-order valence-corrected chi connectivity index (χ2v) is 7.73. The fraction of sp³-hybridized carbons (Fsp3) is 0.304. The molecule has 1 unspecified atom stereocenters. The highest BCUT2D eigenvalue weighted by atomic mass is 16.3. The van der Waals surface area contributed by atoms with Crippen molar-refractivity contribution >= 4 is 5.91 Å². The van der Waals surface area contributed by atoms with Crippen LogP contribution in [0.3, 0.4) is 0 Å². The van der Waals surface area contributed by atoms with Gasteiger partial charge in [-0.25, -0.2) is 0 Å². The van der Waals surface area contributed by atoms with E-state index in [1.54, 1.807) is 12.1 Å². The van der Waals surface area contributed by atoms with Gasteiger partial charge in [0.05, 0.1) is 11.7 Å². The standard InChI is InChI=1S/C23H23N3O2/c27-18-13-11-16(12-14-18)22-19-20(15-7-3-1-4-8-15)24-25-21(19)23(28)26(22)17-9-5-2-6-10-17/h1,3-4,7-8,11-14,17,22,27H,2,5-6,9-10H2,(H,24,25). The molecule has 28 heavy (non-hydrogen) atoms. The van der Waals surface area contributed by atoms with Gasteiger partial charge in [-0.2, -0.15) is 5.10 Å². The fourth-order valence-corrected chi connectivity index (χ4v) is 4.70. The van der Waals surface area contributed by atoms with Crippen LogP contribution < -0.4 is 0 Å². The lowest BCUT2D eigenvalue weighted by Gasteiger charge is -2.36. The van der Waals surface area contributed by atoms with Gasteiger partial charge in [-0.05, 0) is 30.5 Å². The third-order valence-corrected chi connectivity index (χ3v) is 6.03. The van der Waals surface area contributed by atoms with Gasteiger partial charge in [-0.1, -0.05) is 61.7 Å². The molecule has 0 saturated heterocycles. The Morgan fingerprint density at radius 2 is 1.68 bits per heavy atom. The van der Waals surface area contributed by atoms with Crippen LogP contribution in [0.1, 0.15) is 59.8 Å². The molecule has 5 nitrogen and oxygen atoms in total. The zero-order valence-electron chi connectivity index (χ0n) is 15.6. The van der Waals surface area contributed by atoms with E-state index in [0.717, 1.165) is 48.1 Å². The van der Waals surface area contributed by atoms with Crippen molar-refractivity contribution in [3.05, 3.63) is 71.4 Å². The van der Waals surface area contributed by atoms with E-state index in [2.05, 4.69) is 15.1 Å². The van der Waals surface area contributed by atoms with Crippen molar-refractivity contribution in [1.29, 1.82) is 0 Å². The van der Waals surface area contributed by atoms with Gasteiger partial charge in [0.15, 0.2) is 0 Å². The molecule has 3 aromatic rings. The monoisotopic (exact) mass is 373 g/mol. The van der Waals surface area contributed by atoms with Crippen LogP contribution >= 0.6 is 0 Å². The van der Waals surface area contributed by atoms with E-state index in [1.807, 2.05) is 42.5 Å². The number of H-pyrrole nitrogens is 1. The molecular weight excluding hydrogens is 350 g/mol.